The normalized spacial score (nSPS) is 17.3. The Balaban J connectivity index is 1.18. The number of carbonyl (C=O) groups is 3. The number of carbonyl (C=O) groups excluding carboxylic acids is 3. The number of hydrogen-bond acceptors (Lipinski definition) is 7. The molecule has 3 amide bonds. The van der Waals surface area contributed by atoms with Gasteiger partial charge in [-0.3, -0.25) is 14.5 Å². The summed E-state index contributed by atoms with van der Waals surface area (Å²) < 4.78 is 58.7. The lowest BCUT2D eigenvalue weighted by Gasteiger charge is -2.34. The smallest absolute Gasteiger partial charge is 0.416 e. The molecule has 2 saturated heterocycles. The van der Waals surface area contributed by atoms with Crippen molar-refractivity contribution in [2.75, 3.05) is 49.1 Å². The molecule has 1 atom stereocenters. The van der Waals surface area contributed by atoms with Crippen molar-refractivity contribution in [2.24, 2.45) is 0 Å². The minimum atomic E-state index is -4.47. The molecule has 0 spiro atoms. The number of piperazine rings is 1. The van der Waals surface area contributed by atoms with Crippen molar-refractivity contribution in [1.29, 1.82) is 0 Å². The Kier molecular flexibility index (Phi) is 7.96. The van der Waals surface area contributed by atoms with Gasteiger partial charge >= 0.3 is 12.3 Å². The molecule has 1 aromatic heterocycles. The molecular formula is C28H26F4N6O4. The van der Waals surface area contributed by atoms with E-state index in [-0.39, 0.29) is 36.0 Å². The van der Waals surface area contributed by atoms with E-state index in [1.807, 2.05) is 4.90 Å². The van der Waals surface area contributed by atoms with Gasteiger partial charge in [0.15, 0.2) is 0 Å². The zero-order chi connectivity index (χ0) is 30.0. The van der Waals surface area contributed by atoms with Gasteiger partial charge in [0.2, 0.25) is 11.9 Å². The number of benzene rings is 2. The van der Waals surface area contributed by atoms with Gasteiger partial charge in [-0.25, -0.2) is 19.2 Å². The van der Waals surface area contributed by atoms with Crippen molar-refractivity contribution < 1.29 is 36.7 Å². The van der Waals surface area contributed by atoms with Crippen molar-refractivity contribution in [2.45, 2.75) is 19.2 Å². The zero-order valence-electron chi connectivity index (χ0n) is 22.4. The first-order valence-corrected chi connectivity index (χ1v) is 13.1. The van der Waals surface area contributed by atoms with Crippen LogP contribution in [0.5, 0.6) is 0 Å². The van der Waals surface area contributed by atoms with Gasteiger partial charge in [-0.15, -0.1) is 0 Å². The fraction of sp³-hybridized carbons (Fsp3) is 0.321. The number of alkyl halides is 3. The predicted octanol–water partition coefficient (Wildman–Crippen LogP) is 3.73. The third kappa shape index (κ3) is 6.26. The van der Waals surface area contributed by atoms with Crippen LogP contribution in [0, 0.1) is 5.82 Å². The topological polar surface area (TPSA) is 108 Å². The molecule has 5 rings (SSSR count). The van der Waals surface area contributed by atoms with Gasteiger partial charge in [0.1, 0.15) is 11.9 Å². The van der Waals surface area contributed by atoms with Gasteiger partial charge in [-0.2, -0.15) is 13.2 Å². The zero-order valence-corrected chi connectivity index (χ0v) is 22.4. The summed E-state index contributed by atoms with van der Waals surface area (Å²) in [7, 11) is 0. The highest BCUT2D eigenvalue weighted by Crippen LogP contribution is 2.30. The van der Waals surface area contributed by atoms with E-state index in [0.717, 1.165) is 12.1 Å². The second-order valence-electron chi connectivity index (χ2n) is 9.84. The molecule has 0 bridgehead atoms. The molecule has 3 heterocycles. The number of ether oxygens (including phenoxy) is 1. The summed E-state index contributed by atoms with van der Waals surface area (Å²) in [5.74, 6) is -0.800. The molecule has 3 aromatic rings. The maximum Gasteiger partial charge on any atom is 0.416 e. The molecule has 0 aliphatic carbocycles. The SMILES string of the molecule is CC(=O)NC[C@H]1CN(c2ccc(-c3cnc(N4CCN(C(=O)c5ccc(C(F)(F)F)cc5)CC4)nc3)c(F)c2)C(=O)O1. The number of cyclic esters (lactones) is 1. The van der Waals surface area contributed by atoms with Gasteiger partial charge in [0.05, 0.1) is 24.3 Å². The highest BCUT2D eigenvalue weighted by Gasteiger charge is 2.33. The first kappa shape index (κ1) is 28.8. The number of nitrogens with one attached hydrogen (secondary N) is 1. The second-order valence-corrected chi connectivity index (χ2v) is 9.84. The highest BCUT2D eigenvalue weighted by atomic mass is 19.4. The van der Waals surface area contributed by atoms with Crippen LogP contribution < -0.4 is 15.1 Å². The summed E-state index contributed by atoms with van der Waals surface area (Å²) in [6, 6.07) is 8.45. The Hall–Kier alpha value is -4.75. The van der Waals surface area contributed by atoms with Gasteiger partial charge in [0.25, 0.3) is 5.91 Å². The Labute approximate surface area is 237 Å². The lowest BCUT2D eigenvalue weighted by Crippen LogP contribution is -2.49. The van der Waals surface area contributed by atoms with E-state index in [1.165, 1.54) is 48.5 Å². The number of aromatic nitrogens is 2. The van der Waals surface area contributed by atoms with Crippen molar-refractivity contribution in [1.82, 2.24) is 20.2 Å². The molecule has 2 fully saturated rings. The lowest BCUT2D eigenvalue weighted by atomic mass is 10.1. The summed E-state index contributed by atoms with van der Waals surface area (Å²) >= 11 is 0. The predicted molar refractivity (Wildman–Crippen MR) is 143 cm³/mol. The maximum atomic E-state index is 15.1. The van der Waals surface area contributed by atoms with Gasteiger partial charge in [-0.1, -0.05) is 0 Å². The number of amides is 3. The van der Waals surface area contributed by atoms with Gasteiger partial charge in [-0.05, 0) is 42.5 Å². The quantitative estimate of drug-likeness (QED) is 0.439. The Morgan fingerprint density at radius 1 is 1.02 bits per heavy atom. The van der Waals surface area contributed by atoms with Crippen LogP contribution in [0.4, 0.5) is 34.0 Å². The van der Waals surface area contributed by atoms with Crippen LogP contribution in [0.1, 0.15) is 22.8 Å². The molecule has 10 nitrogen and oxygen atoms in total. The van der Waals surface area contributed by atoms with Crippen LogP contribution in [-0.4, -0.2) is 78.1 Å². The third-order valence-electron chi connectivity index (χ3n) is 6.98. The Bertz CT molecular complexity index is 1480. The summed E-state index contributed by atoms with van der Waals surface area (Å²) in [6.45, 7) is 3.15. The van der Waals surface area contributed by atoms with Crippen LogP contribution in [0.15, 0.2) is 54.9 Å². The second kappa shape index (κ2) is 11.6. The number of anilines is 2. The number of hydrogen-bond donors (Lipinski definition) is 1. The van der Waals surface area contributed by atoms with Crippen molar-refractivity contribution in [3.05, 3.63) is 71.8 Å². The van der Waals surface area contributed by atoms with E-state index in [0.29, 0.717) is 43.4 Å². The molecule has 0 radical (unpaired) electrons. The fourth-order valence-electron chi connectivity index (χ4n) is 4.72. The fourth-order valence-corrected chi connectivity index (χ4v) is 4.72. The van der Waals surface area contributed by atoms with E-state index < -0.39 is 29.8 Å². The van der Waals surface area contributed by atoms with Crippen LogP contribution in [0.25, 0.3) is 11.1 Å². The van der Waals surface area contributed by atoms with Crippen LogP contribution in [0.3, 0.4) is 0 Å². The van der Waals surface area contributed by atoms with E-state index in [1.54, 1.807) is 11.0 Å². The van der Waals surface area contributed by atoms with E-state index in [2.05, 4.69) is 15.3 Å². The molecular weight excluding hydrogens is 560 g/mol. The largest absolute Gasteiger partial charge is 0.442 e. The molecule has 2 aromatic carbocycles. The van der Waals surface area contributed by atoms with Crippen LogP contribution >= 0.6 is 0 Å². The average molecular weight is 587 g/mol. The van der Waals surface area contributed by atoms with Crippen LogP contribution in [0.2, 0.25) is 0 Å². The monoisotopic (exact) mass is 586 g/mol. The molecule has 2 aliphatic rings. The standard InChI is InChI=1S/C28H26F4N6O4/c1-17(39)33-15-22-16-38(27(41)42-22)21-6-7-23(24(29)12-21)19-13-34-26(35-14-19)37-10-8-36(9-11-37)25(40)18-2-4-20(5-3-18)28(30,31)32/h2-7,12-14,22H,8-11,15-16H2,1H3,(H,33,39)/t22-/m0/s1. The lowest BCUT2D eigenvalue weighted by molar-refractivity contribution is -0.137. The number of halogens is 4. The molecule has 42 heavy (non-hydrogen) atoms. The van der Waals surface area contributed by atoms with Crippen molar-refractivity contribution >= 4 is 29.5 Å². The first-order valence-electron chi connectivity index (χ1n) is 13.1. The van der Waals surface area contributed by atoms with Gasteiger partial charge < -0.3 is 19.9 Å². The van der Waals surface area contributed by atoms with E-state index in [9.17, 15) is 27.6 Å². The Morgan fingerprint density at radius 3 is 2.29 bits per heavy atom. The maximum absolute atomic E-state index is 15.1. The average Bonchev–Trinajstić information content (AvgIpc) is 3.36. The molecule has 2 aliphatic heterocycles. The molecule has 1 N–H and O–H groups in total. The number of nitrogens with zero attached hydrogens (tertiary/aromatic N) is 5. The minimum absolute atomic E-state index is 0.159. The number of rotatable bonds is 6. The molecule has 0 unspecified atom stereocenters. The summed E-state index contributed by atoms with van der Waals surface area (Å²) in [5.41, 5.74) is 0.334. The van der Waals surface area contributed by atoms with E-state index >= 15 is 4.39 Å². The Morgan fingerprint density at radius 2 is 1.69 bits per heavy atom. The highest BCUT2D eigenvalue weighted by molar-refractivity contribution is 5.94. The van der Waals surface area contributed by atoms with E-state index in [4.69, 9.17) is 4.74 Å². The van der Waals surface area contributed by atoms with Crippen molar-refractivity contribution in [3.8, 4) is 11.1 Å². The minimum Gasteiger partial charge on any atom is -0.442 e. The molecule has 14 heteroatoms. The first-order chi connectivity index (χ1) is 20.0. The summed E-state index contributed by atoms with van der Waals surface area (Å²) in [5, 5.41) is 2.59. The van der Waals surface area contributed by atoms with Crippen LogP contribution in [-0.2, 0) is 15.7 Å². The third-order valence-corrected chi connectivity index (χ3v) is 6.98. The summed E-state index contributed by atoms with van der Waals surface area (Å²) in [6.07, 6.45) is -2.69. The van der Waals surface area contributed by atoms with Crippen molar-refractivity contribution in [3.63, 3.8) is 0 Å². The molecule has 220 valence electrons. The molecule has 0 saturated carbocycles. The van der Waals surface area contributed by atoms with Gasteiger partial charge in [0, 0.05) is 62.2 Å². The summed E-state index contributed by atoms with van der Waals surface area (Å²) in [4.78, 5) is 49.5.